The molecule has 5 heterocycles. The van der Waals surface area contributed by atoms with Crippen molar-refractivity contribution in [2.24, 2.45) is 11.1 Å². The van der Waals surface area contributed by atoms with Crippen molar-refractivity contribution in [1.82, 2.24) is 24.9 Å². The number of hydrogen-bond donors (Lipinski definition) is 3. The molecule has 3 atom stereocenters. The number of ether oxygens (including phenoxy) is 1. The maximum atomic E-state index is 13.5. The first-order chi connectivity index (χ1) is 19.1. The summed E-state index contributed by atoms with van der Waals surface area (Å²) < 4.78 is 34.7. The molecule has 5 aliphatic rings. The summed E-state index contributed by atoms with van der Waals surface area (Å²) in [6.07, 6.45) is 10.7. The third-order valence-corrected chi connectivity index (χ3v) is 11.3. The van der Waals surface area contributed by atoms with Crippen LogP contribution in [0.4, 0.5) is 5.82 Å². The second-order valence-corrected chi connectivity index (χ2v) is 14.6. The minimum atomic E-state index is -3.78. The lowest BCUT2D eigenvalue weighted by atomic mass is 9.76. The molecule has 2 fully saturated rings. The van der Waals surface area contributed by atoms with Crippen LogP contribution in [0.3, 0.4) is 0 Å². The Labute approximate surface area is 235 Å². The van der Waals surface area contributed by atoms with Crippen LogP contribution in [0.2, 0.25) is 0 Å². The molecule has 1 aromatic heterocycles. The van der Waals surface area contributed by atoms with Crippen LogP contribution in [0, 0.1) is 5.41 Å². The Morgan fingerprint density at radius 1 is 1.23 bits per heavy atom. The van der Waals surface area contributed by atoms with Gasteiger partial charge in [0.1, 0.15) is 24.5 Å². The topological polar surface area (TPSA) is 126 Å². The summed E-state index contributed by atoms with van der Waals surface area (Å²) >= 11 is 0. The molecule has 2 bridgehead atoms. The molecule has 0 saturated carbocycles. The van der Waals surface area contributed by atoms with Crippen LogP contribution < -0.4 is 26.0 Å². The van der Waals surface area contributed by atoms with Crippen molar-refractivity contribution in [2.45, 2.75) is 63.2 Å². The van der Waals surface area contributed by atoms with E-state index < -0.39 is 15.0 Å². The van der Waals surface area contributed by atoms with Crippen LogP contribution in [0.25, 0.3) is 5.57 Å². The van der Waals surface area contributed by atoms with E-state index in [0.717, 1.165) is 66.2 Å². The number of dihydropyridines is 1. The first kappa shape index (κ1) is 25.9. The SMILES string of the molecule is CC1(C)CCc2ncnc(N3CCOc4ccc(C5=CNC(N)(S(=O)(=O)N6C[C@H]7C[C@@H]6CN7)C=C5)cc4C3)c2C1. The van der Waals surface area contributed by atoms with Crippen LogP contribution in [0.1, 0.15) is 49.1 Å². The van der Waals surface area contributed by atoms with Crippen molar-refractivity contribution < 1.29 is 13.2 Å². The fourth-order valence-electron chi connectivity index (χ4n) is 6.74. The predicted molar refractivity (Wildman–Crippen MR) is 154 cm³/mol. The minimum Gasteiger partial charge on any atom is -0.491 e. The molecule has 1 aliphatic carbocycles. The highest BCUT2D eigenvalue weighted by molar-refractivity contribution is 7.90. The molecule has 0 amide bonds. The summed E-state index contributed by atoms with van der Waals surface area (Å²) in [7, 11) is -3.78. The zero-order valence-electron chi connectivity index (χ0n) is 23.1. The number of rotatable bonds is 4. The highest BCUT2D eigenvalue weighted by atomic mass is 32.2. The van der Waals surface area contributed by atoms with Crippen molar-refractivity contribution in [2.75, 3.05) is 31.1 Å². The normalized spacial score (nSPS) is 29.2. The molecule has 2 saturated heterocycles. The number of aryl methyl sites for hydroxylation is 1. The molecule has 10 nitrogen and oxygen atoms in total. The van der Waals surface area contributed by atoms with Crippen LogP contribution in [-0.2, 0) is 29.4 Å². The number of nitrogens with one attached hydrogen (secondary N) is 2. The molecular weight excluding hydrogens is 526 g/mol. The average molecular weight is 564 g/mol. The Morgan fingerprint density at radius 2 is 2.10 bits per heavy atom. The van der Waals surface area contributed by atoms with E-state index in [9.17, 15) is 8.42 Å². The monoisotopic (exact) mass is 563 g/mol. The maximum absolute atomic E-state index is 13.5. The van der Waals surface area contributed by atoms with Gasteiger partial charge in [-0.1, -0.05) is 26.0 Å². The van der Waals surface area contributed by atoms with Gasteiger partial charge in [-0.25, -0.2) is 18.4 Å². The molecular formula is C29H37N7O3S. The highest BCUT2D eigenvalue weighted by Crippen LogP contribution is 2.39. The smallest absolute Gasteiger partial charge is 0.256 e. The van der Waals surface area contributed by atoms with Gasteiger partial charge >= 0.3 is 0 Å². The van der Waals surface area contributed by atoms with Gasteiger partial charge in [0.2, 0.25) is 4.99 Å². The first-order valence-corrected chi connectivity index (χ1v) is 15.6. The maximum Gasteiger partial charge on any atom is 0.256 e. The van der Waals surface area contributed by atoms with Crippen molar-refractivity contribution >= 4 is 21.4 Å². The Balaban J connectivity index is 1.13. The third kappa shape index (κ3) is 4.30. The highest BCUT2D eigenvalue weighted by Gasteiger charge is 2.51. The number of nitrogens with zero attached hydrogens (tertiary/aromatic N) is 4. The number of aromatic nitrogens is 2. The van der Waals surface area contributed by atoms with Gasteiger partial charge in [-0.3, -0.25) is 5.73 Å². The van der Waals surface area contributed by atoms with Gasteiger partial charge in [-0.2, -0.15) is 4.31 Å². The van der Waals surface area contributed by atoms with Gasteiger partial charge in [-0.15, -0.1) is 0 Å². The number of hydrogen-bond acceptors (Lipinski definition) is 9. The molecule has 212 valence electrons. The van der Waals surface area contributed by atoms with Gasteiger partial charge in [-0.05, 0) is 60.4 Å². The number of piperazine rings is 1. The molecule has 1 unspecified atom stereocenters. The summed E-state index contributed by atoms with van der Waals surface area (Å²) in [4.78, 5) is 9.97. The van der Waals surface area contributed by atoms with Crippen LogP contribution >= 0.6 is 0 Å². The zero-order chi connectivity index (χ0) is 27.7. The summed E-state index contributed by atoms with van der Waals surface area (Å²) in [5, 5.41) is 6.36. The summed E-state index contributed by atoms with van der Waals surface area (Å²) in [6.45, 7) is 7.73. The van der Waals surface area contributed by atoms with E-state index in [1.807, 2.05) is 12.1 Å². The van der Waals surface area contributed by atoms with Crippen LogP contribution in [-0.4, -0.2) is 66.0 Å². The van der Waals surface area contributed by atoms with Gasteiger partial charge in [0.05, 0.1) is 6.54 Å². The first-order valence-electron chi connectivity index (χ1n) is 14.2. The summed E-state index contributed by atoms with van der Waals surface area (Å²) in [5.74, 6) is 1.86. The molecule has 4 aliphatic heterocycles. The lowest BCUT2D eigenvalue weighted by molar-refractivity contribution is 0.310. The Kier molecular flexibility index (Phi) is 6.01. The van der Waals surface area contributed by atoms with Gasteiger partial charge in [0.15, 0.2) is 0 Å². The Hall–Kier alpha value is -2.99. The lowest BCUT2D eigenvalue weighted by Gasteiger charge is -2.36. The Morgan fingerprint density at radius 3 is 2.85 bits per heavy atom. The molecule has 11 heteroatoms. The van der Waals surface area contributed by atoms with Gasteiger partial charge in [0.25, 0.3) is 10.0 Å². The quantitative estimate of drug-likeness (QED) is 0.511. The minimum absolute atomic E-state index is 0.0323. The van der Waals surface area contributed by atoms with Crippen molar-refractivity contribution in [3.63, 3.8) is 0 Å². The zero-order valence-corrected chi connectivity index (χ0v) is 23.9. The second kappa shape index (κ2) is 9.27. The number of nitrogens with two attached hydrogens (primary N) is 1. The Bertz CT molecular complexity index is 1520. The lowest BCUT2D eigenvalue weighted by Crippen LogP contribution is -2.64. The molecule has 40 heavy (non-hydrogen) atoms. The molecule has 0 spiro atoms. The second-order valence-electron chi connectivity index (χ2n) is 12.5. The van der Waals surface area contributed by atoms with Crippen molar-refractivity contribution in [3.8, 4) is 5.75 Å². The molecule has 2 aromatic rings. The molecule has 4 N–H and O–H groups in total. The number of sulfonamides is 1. The van der Waals surface area contributed by atoms with Crippen molar-refractivity contribution in [3.05, 3.63) is 65.3 Å². The largest absolute Gasteiger partial charge is 0.491 e. The number of fused-ring (bicyclic) bond motifs is 4. The van der Waals surface area contributed by atoms with Gasteiger partial charge in [0, 0.05) is 54.7 Å². The molecule has 1 aromatic carbocycles. The number of allylic oxidation sites excluding steroid dienone is 2. The van der Waals surface area contributed by atoms with E-state index >= 15 is 0 Å². The van der Waals surface area contributed by atoms with E-state index in [1.54, 1.807) is 29.0 Å². The predicted octanol–water partition coefficient (Wildman–Crippen LogP) is 1.88. The van der Waals surface area contributed by atoms with Crippen LogP contribution in [0.15, 0.2) is 42.9 Å². The third-order valence-electron chi connectivity index (χ3n) is 9.08. The molecule has 7 rings (SSSR count). The van der Waals surface area contributed by atoms with E-state index in [1.165, 1.54) is 5.56 Å². The van der Waals surface area contributed by atoms with E-state index in [2.05, 4.69) is 40.4 Å². The summed E-state index contributed by atoms with van der Waals surface area (Å²) in [5.41, 5.74) is 12.0. The molecule has 0 radical (unpaired) electrons. The number of benzene rings is 1. The van der Waals surface area contributed by atoms with E-state index in [-0.39, 0.29) is 17.5 Å². The van der Waals surface area contributed by atoms with Crippen LogP contribution in [0.5, 0.6) is 5.75 Å². The fourth-order valence-corrected chi connectivity index (χ4v) is 8.50. The van der Waals surface area contributed by atoms with Crippen molar-refractivity contribution in [1.29, 1.82) is 0 Å². The van der Waals surface area contributed by atoms with E-state index in [0.29, 0.717) is 26.2 Å². The summed E-state index contributed by atoms with van der Waals surface area (Å²) in [6, 6.07) is 6.30. The van der Waals surface area contributed by atoms with E-state index in [4.69, 9.17) is 15.5 Å². The van der Waals surface area contributed by atoms with Gasteiger partial charge < -0.3 is 20.3 Å². The fraction of sp³-hybridized carbons (Fsp3) is 0.517. The number of anilines is 1. The average Bonchev–Trinajstić information content (AvgIpc) is 3.51. The standard InChI is InChI=1S/C29H37N7O3S/c1-28(2)7-6-25-24(13-28)27(33-18-32-25)35-9-10-39-26-4-3-19(11-21(26)16-35)20-5-8-29(30,34-14-20)40(37,38)36-17-22-12-23(36)15-31-22/h3-5,8,11,14,18,22-23,31,34H,6-7,9-10,12-13,15-17,30H2,1-2H3/t22-,23-,29?/m1/s1.